The molecular weight excluding hydrogens is 241 g/mol. The van der Waals surface area contributed by atoms with Crippen molar-refractivity contribution < 1.29 is 23.8 Å². The van der Waals surface area contributed by atoms with Crippen LogP contribution in [0.4, 0.5) is 4.39 Å². The minimum atomic E-state index is -1.54. The fraction of sp³-hybridized carbons (Fsp3) is 0.333. The number of carboxylic acids is 1. The van der Waals surface area contributed by atoms with E-state index in [2.05, 4.69) is 5.32 Å². The normalized spacial score (nSPS) is 11.7. The van der Waals surface area contributed by atoms with Gasteiger partial charge in [-0.3, -0.25) is 4.79 Å². The number of alkyl halides is 1. The second-order valence-corrected chi connectivity index (χ2v) is 3.70. The highest BCUT2D eigenvalue weighted by Gasteiger charge is 2.20. The van der Waals surface area contributed by atoms with Crippen molar-refractivity contribution in [2.24, 2.45) is 0 Å². The number of aryl methyl sites for hydroxylation is 1. The van der Waals surface area contributed by atoms with Gasteiger partial charge in [0, 0.05) is 5.56 Å². The first-order valence-corrected chi connectivity index (χ1v) is 5.24. The molecule has 1 rings (SSSR count). The summed E-state index contributed by atoms with van der Waals surface area (Å²) in [5.41, 5.74) is 1.06. The molecule has 1 atom stereocenters. The molecule has 0 fully saturated rings. The summed E-state index contributed by atoms with van der Waals surface area (Å²) in [6.07, 6.45) is 0. The molecule has 0 aliphatic heterocycles. The van der Waals surface area contributed by atoms with Crippen LogP contribution in [0.3, 0.4) is 0 Å². The van der Waals surface area contributed by atoms with E-state index < -0.39 is 24.6 Å². The summed E-state index contributed by atoms with van der Waals surface area (Å²) < 4.78 is 17.4. The van der Waals surface area contributed by atoms with Crippen LogP contribution >= 0.6 is 0 Å². The highest BCUT2D eigenvalue weighted by Crippen LogP contribution is 2.18. The molecule has 1 unspecified atom stereocenters. The number of carbonyl (C=O) groups is 2. The quantitative estimate of drug-likeness (QED) is 0.827. The van der Waals surface area contributed by atoms with Gasteiger partial charge in [-0.05, 0) is 24.6 Å². The fourth-order valence-corrected chi connectivity index (χ4v) is 1.37. The van der Waals surface area contributed by atoms with E-state index in [-0.39, 0.29) is 5.56 Å². The minimum Gasteiger partial charge on any atom is -0.496 e. The average Bonchev–Trinajstić information content (AvgIpc) is 2.35. The molecule has 6 heteroatoms. The van der Waals surface area contributed by atoms with Gasteiger partial charge < -0.3 is 15.2 Å². The van der Waals surface area contributed by atoms with Crippen molar-refractivity contribution in [3.63, 3.8) is 0 Å². The largest absolute Gasteiger partial charge is 0.496 e. The Labute approximate surface area is 104 Å². The third kappa shape index (κ3) is 3.19. The molecule has 1 aromatic carbocycles. The second-order valence-electron chi connectivity index (χ2n) is 3.70. The molecule has 18 heavy (non-hydrogen) atoms. The number of halogens is 1. The zero-order valence-electron chi connectivity index (χ0n) is 10.1. The predicted molar refractivity (Wildman–Crippen MR) is 62.6 cm³/mol. The van der Waals surface area contributed by atoms with Crippen molar-refractivity contribution in [1.29, 1.82) is 0 Å². The van der Waals surface area contributed by atoms with Crippen LogP contribution in [0.2, 0.25) is 0 Å². The van der Waals surface area contributed by atoms with Crippen LogP contribution in [0.1, 0.15) is 15.9 Å². The first kappa shape index (κ1) is 14.0. The van der Waals surface area contributed by atoms with Crippen molar-refractivity contribution in [1.82, 2.24) is 5.32 Å². The summed E-state index contributed by atoms with van der Waals surface area (Å²) in [5.74, 6) is -1.56. The molecule has 0 saturated carbocycles. The average molecular weight is 255 g/mol. The molecular formula is C12H14FNO4. The predicted octanol–water partition coefficient (Wildman–Crippen LogP) is 1.16. The number of amides is 1. The zero-order chi connectivity index (χ0) is 13.7. The third-order valence-corrected chi connectivity index (χ3v) is 2.43. The van der Waals surface area contributed by atoms with Crippen LogP contribution in [-0.4, -0.2) is 36.8 Å². The maximum absolute atomic E-state index is 12.4. The highest BCUT2D eigenvalue weighted by molar-refractivity contribution is 5.97. The molecule has 2 N–H and O–H groups in total. The smallest absolute Gasteiger partial charge is 0.328 e. The molecule has 0 saturated heterocycles. The van der Waals surface area contributed by atoms with E-state index in [4.69, 9.17) is 9.84 Å². The van der Waals surface area contributed by atoms with Gasteiger partial charge in [0.2, 0.25) is 0 Å². The van der Waals surface area contributed by atoms with Crippen LogP contribution in [-0.2, 0) is 4.79 Å². The Balaban J connectivity index is 2.87. The van der Waals surface area contributed by atoms with Crippen molar-refractivity contribution in [3.05, 3.63) is 29.3 Å². The van der Waals surface area contributed by atoms with Crippen molar-refractivity contribution in [3.8, 4) is 5.75 Å². The number of carboxylic acid groups (broad SMARTS) is 1. The third-order valence-electron chi connectivity index (χ3n) is 2.43. The van der Waals surface area contributed by atoms with Gasteiger partial charge in [-0.1, -0.05) is 6.07 Å². The number of benzene rings is 1. The number of carbonyl (C=O) groups excluding carboxylic acids is 1. The van der Waals surface area contributed by atoms with Crippen LogP contribution in [0, 0.1) is 6.92 Å². The summed E-state index contributed by atoms with van der Waals surface area (Å²) in [6.45, 7) is 0.645. The van der Waals surface area contributed by atoms with Crippen LogP contribution in [0.15, 0.2) is 18.2 Å². The van der Waals surface area contributed by atoms with Gasteiger partial charge in [-0.2, -0.15) is 0 Å². The van der Waals surface area contributed by atoms with Gasteiger partial charge in [0.15, 0.2) is 6.04 Å². The van der Waals surface area contributed by atoms with Gasteiger partial charge in [-0.15, -0.1) is 0 Å². The minimum absolute atomic E-state index is 0.220. The summed E-state index contributed by atoms with van der Waals surface area (Å²) in [7, 11) is 1.46. The van der Waals surface area contributed by atoms with Crippen LogP contribution in [0.5, 0.6) is 5.75 Å². The van der Waals surface area contributed by atoms with E-state index in [1.807, 2.05) is 6.92 Å². The molecule has 5 nitrogen and oxygen atoms in total. The second kappa shape index (κ2) is 6.00. The zero-order valence-corrected chi connectivity index (χ0v) is 10.1. The van der Waals surface area contributed by atoms with E-state index in [1.54, 1.807) is 6.07 Å². The van der Waals surface area contributed by atoms with E-state index in [0.717, 1.165) is 5.56 Å². The Morgan fingerprint density at radius 3 is 2.67 bits per heavy atom. The lowest BCUT2D eigenvalue weighted by Gasteiger charge is -2.12. The van der Waals surface area contributed by atoms with E-state index in [9.17, 15) is 14.0 Å². The molecule has 0 heterocycles. The number of hydrogen-bond acceptors (Lipinski definition) is 3. The molecule has 0 aromatic heterocycles. The van der Waals surface area contributed by atoms with Crippen molar-refractivity contribution >= 4 is 11.9 Å². The van der Waals surface area contributed by atoms with Crippen molar-refractivity contribution in [2.75, 3.05) is 13.8 Å². The lowest BCUT2D eigenvalue weighted by atomic mass is 10.1. The standard InChI is InChI=1S/C12H14FNO4/c1-7-3-4-8(5-10(7)18-2)11(15)14-9(6-13)12(16)17/h3-5,9H,6H2,1-2H3,(H,14,15)(H,16,17). The summed E-state index contributed by atoms with van der Waals surface area (Å²) in [6, 6.07) is 3.12. The lowest BCUT2D eigenvalue weighted by Crippen LogP contribution is -2.42. The summed E-state index contributed by atoms with van der Waals surface area (Å²) >= 11 is 0. The maximum Gasteiger partial charge on any atom is 0.328 e. The molecule has 0 bridgehead atoms. The Morgan fingerprint density at radius 1 is 1.50 bits per heavy atom. The van der Waals surface area contributed by atoms with E-state index in [1.165, 1.54) is 19.2 Å². The van der Waals surface area contributed by atoms with Crippen LogP contribution in [0.25, 0.3) is 0 Å². The number of nitrogens with one attached hydrogen (secondary N) is 1. The van der Waals surface area contributed by atoms with Crippen LogP contribution < -0.4 is 10.1 Å². The van der Waals surface area contributed by atoms with Gasteiger partial charge in [0.25, 0.3) is 5.91 Å². The van der Waals surface area contributed by atoms with Gasteiger partial charge >= 0.3 is 5.97 Å². The SMILES string of the molecule is COc1cc(C(=O)NC(CF)C(=O)O)ccc1C. The molecule has 0 spiro atoms. The first-order valence-electron chi connectivity index (χ1n) is 5.24. The number of ether oxygens (including phenoxy) is 1. The van der Waals surface area contributed by atoms with Crippen molar-refractivity contribution in [2.45, 2.75) is 13.0 Å². The lowest BCUT2D eigenvalue weighted by molar-refractivity contribution is -0.139. The number of hydrogen-bond donors (Lipinski definition) is 2. The molecule has 1 amide bonds. The molecule has 1 aromatic rings. The summed E-state index contributed by atoms with van der Waals surface area (Å²) in [4.78, 5) is 22.3. The summed E-state index contributed by atoms with van der Waals surface area (Å²) in [5, 5.41) is 10.7. The topological polar surface area (TPSA) is 75.6 Å². The van der Waals surface area contributed by atoms with E-state index in [0.29, 0.717) is 5.75 Å². The number of methoxy groups -OCH3 is 1. The Bertz CT molecular complexity index is 461. The highest BCUT2D eigenvalue weighted by atomic mass is 19.1. The van der Waals surface area contributed by atoms with E-state index >= 15 is 0 Å². The molecule has 0 aliphatic rings. The number of aliphatic carboxylic acids is 1. The van der Waals surface area contributed by atoms with Gasteiger partial charge in [0.1, 0.15) is 12.4 Å². The van der Waals surface area contributed by atoms with Gasteiger partial charge in [0.05, 0.1) is 7.11 Å². The maximum atomic E-state index is 12.4. The molecule has 0 radical (unpaired) electrons. The van der Waals surface area contributed by atoms with Gasteiger partial charge in [-0.25, -0.2) is 9.18 Å². The monoisotopic (exact) mass is 255 g/mol. The molecule has 98 valence electrons. The first-order chi connectivity index (χ1) is 8.49. The Hall–Kier alpha value is -2.11. The number of rotatable bonds is 5. The Kier molecular flexibility index (Phi) is 4.65. The fourth-order valence-electron chi connectivity index (χ4n) is 1.37. The Morgan fingerprint density at radius 2 is 2.17 bits per heavy atom. The molecule has 0 aliphatic carbocycles.